The minimum atomic E-state index is 0.591. The molecule has 12 heavy (non-hydrogen) atoms. The smallest absolute Gasteiger partial charge is 0.104 e. The molecule has 0 saturated carbocycles. The van der Waals surface area contributed by atoms with Crippen LogP contribution in [-0.4, -0.2) is 4.98 Å². The molecule has 2 rings (SSSR count). The summed E-state index contributed by atoms with van der Waals surface area (Å²) in [6, 6.07) is 9.61. The molecule has 0 fully saturated rings. The molecular formula is C9H7N3. The summed E-state index contributed by atoms with van der Waals surface area (Å²) in [7, 11) is 0. The van der Waals surface area contributed by atoms with E-state index in [-0.39, 0.29) is 0 Å². The van der Waals surface area contributed by atoms with Gasteiger partial charge < -0.3 is 0 Å². The zero-order valence-electron chi connectivity index (χ0n) is 6.36. The average Bonchev–Trinajstić information content (AvgIpc) is 2.17. The molecular weight excluding hydrogens is 150 g/mol. The second-order valence-electron chi connectivity index (χ2n) is 2.50. The number of fused-ring (bicyclic) bond motifs is 1. The van der Waals surface area contributed by atoms with Crippen LogP contribution in [0.3, 0.4) is 0 Å². The van der Waals surface area contributed by atoms with Crippen molar-refractivity contribution in [2.45, 2.75) is 0 Å². The number of aromatic nitrogens is 1. The van der Waals surface area contributed by atoms with E-state index in [1.54, 1.807) is 6.20 Å². The molecule has 0 aliphatic rings. The number of hydrogen-bond acceptors (Lipinski definition) is 3. The van der Waals surface area contributed by atoms with Crippen LogP contribution in [0.15, 0.2) is 41.6 Å². The van der Waals surface area contributed by atoms with Crippen LogP contribution in [-0.2, 0) is 0 Å². The van der Waals surface area contributed by atoms with Crippen molar-refractivity contribution in [3.8, 4) is 0 Å². The zero-order chi connectivity index (χ0) is 8.39. The lowest BCUT2D eigenvalue weighted by Gasteiger charge is -1.95. The molecule has 0 aliphatic carbocycles. The lowest BCUT2D eigenvalue weighted by molar-refractivity contribution is 1.14. The Bertz CT molecular complexity index is 423. The van der Waals surface area contributed by atoms with Gasteiger partial charge in [-0.25, -0.2) is 5.53 Å². The summed E-state index contributed by atoms with van der Waals surface area (Å²) >= 11 is 0. The van der Waals surface area contributed by atoms with Crippen molar-refractivity contribution in [1.29, 1.82) is 5.53 Å². The van der Waals surface area contributed by atoms with E-state index in [9.17, 15) is 0 Å². The number of nitrogens with zero attached hydrogens (tertiary/aromatic N) is 2. The molecule has 1 aromatic carbocycles. The molecule has 0 aliphatic heterocycles. The molecule has 0 radical (unpaired) electrons. The first-order chi connectivity index (χ1) is 5.90. The van der Waals surface area contributed by atoms with Gasteiger partial charge in [-0.05, 0) is 12.1 Å². The summed E-state index contributed by atoms with van der Waals surface area (Å²) in [6.45, 7) is 0. The highest BCUT2D eigenvalue weighted by Gasteiger charge is 1.93. The Morgan fingerprint density at radius 3 is 2.92 bits per heavy atom. The SMILES string of the molecule is N=Nc1cnc2ccccc2c1. The Kier molecular flexibility index (Phi) is 1.55. The van der Waals surface area contributed by atoms with E-state index in [2.05, 4.69) is 10.1 Å². The van der Waals surface area contributed by atoms with E-state index in [0.29, 0.717) is 5.69 Å². The van der Waals surface area contributed by atoms with Gasteiger partial charge in [0.25, 0.3) is 0 Å². The van der Waals surface area contributed by atoms with Crippen LogP contribution in [0.2, 0.25) is 0 Å². The van der Waals surface area contributed by atoms with Crippen molar-refractivity contribution in [2.75, 3.05) is 0 Å². The molecule has 3 heteroatoms. The fraction of sp³-hybridized carbons (Fsp3) is 0. The van der Waals surface area contributed by atoms with Crippen LogP contribution in [0.5, 0.6) is 0 Å². The van der Waals surface area contributed by atoms with Crippen LogP contribution in [0.1, 0.15) is 0 Å². The third-order valence-electron chi connectivity index (χ3n) is 1.71. The molecule has 3 nitrogen and oxygen atoms in total. The van der Waals surface area contributed by atoms with Gasteiger partial charge in [-0.15, -0.1) is 0 Å². The average molecular weight is 157 g/mol. The lowest BCUT2D eigenvalue weighted by Crippen LogP contribution is -1.75. The van der Waals surface area contributed by atoms with Crippen LogP contribution in [0, 0.1) is 5.53 Å². The van der Waals surface area contributed by atoms with Gasteiger partial charge in [0.2, 0.25) is 0 Å². The second kappa shape index (κ2) is 2.70. The summed E-state index contributed by atoms with van der Waals surface area (Å²) < 4.78 is 0. The quantitative estimate of drug-likeness (QED) is 0.635. The largest absolute Gasteiger partial charge is 0.254 e. The van der Waals surface area contributed by atoms with Gasteiger partial charge in [0, 0.05) is 5.39 Å². The third kappa shape index (κ3) is 1.05. The van der Waals surface area contributed by atoms with Crippen molar-refractivity contribution in [2.24, 2.45) is 5.11 Å². The van der Waals surface area contributed by atoms with Crippen molar-refractivity contribution in [1.82, 2.24) is 4.98 Å². The highest BCUT2D eigenvalue weighted by Crippen LogP contribution is 2.17. The number of benzene rings is 1. The Morgan fingerprint density at radius 1 is 1.25 bits per heavy atom. The zero-order valence-corrected chi connectivity index (χ0v) is 6.36. The fourth-order valence-corrected chi connectivity index (χ4v) is 1.12. The summed E-state index contributed by atoms with van der Waals surface area (Å²) in [5, 5.41) is 4.33. The fourth-order valence-electron chi connectivity index (χ4n) is 1.12. The van der Waals surface area contributed by atoms with E-state index in [4.69, 9.17) is 5.53 Å². The molecule has 0 bridgehead atoms. The number of hydrogen-bond donors (Lipinski definition) is 1. The van der Waals surface area contributed by atoms with Gasteiger partial charge in [0.05, 0.1) is 11.7 Å². The number of pyridine rings is 1. The van der Waals surface area contributed by atoms with E-state index < -0.39 is 0 Å². The monoisotopic (exact) mass is 157 g/mol. The standard InChI is InChI=1S/C9H7N3/c10-12-8-5-7-3-1-2-4-9(7)11-6-8/h1-6,10H. The molecule has 1 heterocycles. The molecule has 0 unspecified atom stereocenters. The second-order valence-corrected chi connectivity index (χ2v) is 2.50. The molecule has 0 atom stereocenters. The maximum Gasteiger partial charge on any atom is 0.104 e. The topological polar surface area (TPSA) is 49.1 Å². The molecule has 1 aromatic heterocycles. The van der Waals surface area contributed by atoms with Crippen LogP contribution < -0.4 is 0 Å². The first-order valence-corrected chi connectivity index (χ1v) is 3.62. The molecule has 0 amide bonds. The minimum Gasteiger partial charge on any atom is -0.254 e. The summed E-state index contributed by atoms with van der Waals surface area (Å²) in [5.41, 5.74) is 8.33. The molecule has 0 saturated heterocycles. The van der Waals surface area contributed by atoms with Gasteiger partial charge in [0.1, 0.15) is 5.69 Å². The highest BCUT2D eigenvalue weighted by atomic mass is 15.0. The van der Waals surface area contributed by atoms with E-state index >= 15 is 0 Å². The van der Waals surface area contributed by atoms with E-state index in [1.807, 2.05) is 30.3 Å². The van der Waals surface area contributed by atoms with E-state index in [1.165, 1.54) is 0 Å². The Balaban J connectivity index is 2.75. The van der Waals surface area contributed by atoms with Crippen molar-refractivity contribution >= 4 is 16.6 Å². The van der Waals surface area contributed by atoms with Gasteiger partial charge >= 0.3 is 0 Å². The Morgan fingerprint density at radius 2 is 2.08 bits per heavy atom. The molecule has 2 aromatic rings. The maximum atomic E-state index is 6.80. The molecule has 1 N–H and O–H groups in total. The van der Waals surface area contributed by atoms with E-state index in [0.717, 1.165) is 10.9 Å². The van der Waals surface area contributed by atoms with Crippen molar-refractivity contribution < 1.29 is 0 Å². The number of nitrogens with one attached hydrogen (secondary N) is 1. The molecule has 0 spiro atoms. The Hall–Kier alpha value is -1.77. The van der Waals surface area contributed by atoms with Crippen LogP contribution >= 0.6 is 0 Å². The first-order valence-electron chi connectivity index (χ1n) is 3.62. The van der Waals surface area contributed by atoms with Gasteiger partial charge in [0.15, 0.2) is 0 Å². The molecule has 58 valence electrons. The number of rotatable bonds is 1. The maximum absolute atomic E-state index is 6.80. The summed E-state index contributed by atoms with van der Waals surface area (Å²) in [4.78, 5) is 4.14. The van der Waals surface area contributed by atoms with Gasteiger partial charge in [-0.1, -0.05) is 18.2 Å². The Labute approximate surface area is 69.6 Å². The predicted octanol–water partition coefficient (Wildman–Crippen LogP) is 2.90. The summed E-state index contributed by atoms with van der Waals surface area (Å²) in [6.07, 6.45) is 1.59. The highest BCUT2D eigenvalue weighted by molar-refractivity contribution is 5.80. The predicted molar refractivity (Wildman–Crippen MR) is 46.6 cm³/mol. The normalized spacial score (nSPS) is 10.0. The number of para-hydroxylation sites is 1. The van der Waals surface area contributed by atoms with Gasteiger partial charge in [-0.2, -0.15) is 5.11 Å². The van der Waals surface area contributed by atoms with Crippen molar-refractivity contribution in [3.05, 3.63) is 36.5 Å². The van der Waals surface area contributed by atoms with Crippen LogP contribution in [0.4, 0.5) is 5.69 Å². The minimum absolute atomic E-state index is 0.591. The first kappa shape index (κ1) is 6.91. The lowest BCUT2D eigenvalue weighted by atomic mass is 10.2. The van der Waals surface area contributed by atoms with Crippen LogP contribution in [0.25, 0.3) is 10.9 Å². The third-order valence-corrected chi connectivity index (χ3v) is 1.71. The summed E-state index contributed by atoms with van der Waals surface area (Å²) in [5.74, 6) is 0. The van der Waals surface area contributed by atoms with Gasteiger partial charge in [-0.3, -0.25) is 4.98 Å². The van der Waals surface area contributed by atoms with Crippen molar-refractivity contribution in [3.63, 3.8) is 0 Å².